The summed E-state index contributed by atoms with van der Waals surface area (Å²) in [6.45, 7) is 7.25. The van der Waals surface area contributed by atoms with Gasteiger partial charge in [0, 0.05) is 0 Å². The molecule has 0 saturated heterocycles. The fourth-order valence-electron chi connectivity index (χ4n) is 1.79. The molecule has 1 aromatic rings. The van der Waals surface area contributed by atoms with E-state index in [1.165, 1.54) is 6.42 Å². The van der Waals surface area contributed by atoms with Crippen molar-refractivity contribution in [3.63, 3.8) is 0 Å². The van der Waals surface area contributed by atoms with E-state index in [9.17, 15) is 4.79 Å². The first-order valence-electron chi connectivity index (χ1n) is 7.08. The van der Waals surface area contributed by atoms with E-state index in [1.807, 2.05) is 18.2 Å². The van der Waals surface area contributed by atoms with Gasteiger partial charge < -0.3 is 9.47 Å². The lowest BCUT2D eigenvalue weighted by Gasteiger charge is -2.12. The van der Waals surface area contributed by atoms with Crippen molar-refractivity contribution < 1.29 is 14.3 Å². The largest absolute Gasteiger partial charge is 0.493 e. The van der Waals surface area contributed by atoms with E-state index in [-0.39, 0.29) is 5.97 Å². The Labute approximate surface area is 115 Å². The van der Waals surface area contributed by atoms with E-state index in [0.717, 1.165) is 18.8 Å². The normalized spacial score (nSPS) is 11.9. The fourth-order valence-corrected chi connectivity index (χ4v) is 1.79. The summed E-state index contributed by atoms with van der Waals surface area (Å²) in [5.74, 6) is 1.02. The molecule has 0 amide bonds. The van der Waals surface area contributed by atoms with Crippen LogP contribution in [0.5, 0.6) is 5.75 Å². The minimum absolute atomic E-state index is 0.319. The van der Waals surface area contributed by atoms with E-state index >= 15 is 0 Å². The summed E-state index contributed by atoms with van der Waals surface area (Å²) in [5, 5.41) is 0. The van der Waals surface area contributed by atoms with Gasteiger partial charge in [-0.2, -0.15) is 0 Å². The van der Waals surface area contributed by atoms with Crippen molar-refractivity contribution in [2.24, 2.45) is 5.92 Å². The summed E-state index contributed by atoms with van der Waals surface area (Å²) >= 11 is 0. The molecule has 0 fully saturated rings. The fraction of sp³-hybridized carbons (Fsp3) is 0.562. The van der Waals surface area contributed by atoms with Gasteiger partial charge in [0.1, 0.15) is 11.3 Å². The number of carbonyl (C=O) groups excluding carboxylic acids is 1. The standard InChI is InChI=1S/C16H24O3/c1-4-13(3)9-8-12-19-15-11-7-6-10-14(15)16(17)18-5-2/h6-7,10-11,13H,4-5,8-9,12H2,1-3H3. The van der Waals surface area contributed by atoms with Gasteiger partial charge in [-0.1, -0.05) is 32.4 Å². The van der Waals surface area contributed by atoms with Gasteiger partial charge in [0.15, 0.2) is 0 Å². The Kier molecular flexibility index (Phi) is 7.01. The first-order chi connectivity index (χ1) is 9.19. The number of rotatable bonds is 8. The second-order valence-corrected chi connectivity index (χ2v) is 4.72. The molecular formula is C16H24O3. The SMILES string of the molecule is CCOC(=O)c1ccccc1OCCCC(C)CC. The van der Waals surface area contributed by atoms with E-state index in [1.54, 1.807) is 13.0 Å². The predicted molar refractivity (Wildman–Crippen MR) is 76.6 cm³/mol. The quantitative estimate of drug-likeness (QED) is 0.524. The topological polar surface area (TPSA) is 35.5 Å². The van der Waals surface area contributed by atoms with Gasteiger partial charge in [0.2, 0.25) is 0 Å². The van der Waals surface area contributed by atoms with Gasteiger partial charge >= 0.3 is 5.97 Å². The molecule has 0 aliphatic carbocycles. The van der Waals surface area contributed by atoms with Crippen LogP contribution >= 0.6 is 0 Å². The summed E-state index contributed by atoms with van der Waals surface area (Å²) in [4.78, 5) is 11.8. The zero-order valence-corrected chi connectivity index (χ0v) is 12.1. The van der Waals surface area contributed by atoms with E-state index in [4.69, 9.17) is 9.47 Å². The van der Waals surface area contributed by atoms with Crippen molar-refractivity contribution in [1.29, 1.82) is 0 Å². The van der Waals surface area contributed by atoms with Crippen molar-refractivity contribution in [2.75, 3.05) is 13.2 Å². The molecule has 1 unspecified atom stereocenters. The average molecular weight is 264 g/mol. The molecule has 1 rings (SSSR count). The molecule has 19 heavy (non-hydrogen) atoms. The Balaban J connectivity index is 2.51. The number of benzene rings is 1. The van der Waals surface area contributed by atoms with Crippen LogP contribution in [0.3, 0.4) is 0 Å². The third-order valence-corrected chi connectivity index (χ3v) is 3.18. The third-order valence-electron chi connectivity index (χ3n) is 3.18. The number of esters is 1. The summed E-state index contributed by atoms with van der Waals surface area (Å²) in [7, 11) is 0. The Bertz CT molecular complexity index is 387. The highest BCUT2D eigenvalue weighted by Crippen LogP contribution is 2.20. The molecule has 0 N–H and O–H groups in total. The zero-order valence-electron chi connectivity index (χ0n) is 12.1. The third kappa shape index (κ3) is 5.33. The summed E-state index contributed by atoms with van der Waals surface area (Å²) in [6, 6.07) is 7.24. The highest BCUT2D eigenvalue weighted by atomic mass is 16.5. The van der Waals surface area contributed by atoms with Crippen molar-refractivity contribution in [3.8, 4) is 5.75 Å². The Hall–Kier alpha value is -1.51. The summed E-state index contributed by atoms with van der Waals surface area (Å²) < 4.78 is 10.7. The molecule has 0 heterocycles. The van der Waals surface area contributed by atoms with Crippen LogP contribution in [-0.4, -0.2) is 19.2 Å². The van der Waals surface area contributed by atoms with Crippen LogP contribution in [0.25, 0.3) is 0 Å². The predicted octanol–water partition coefficient (Wildman–Crippen LogP) is 4.07. The number of hydrogen-bond donors (Lipinski definition) is 0. The second-order valence-electron chi connectivity index (χ2n) is 4.72. The Morgan fingerprint density at radius 3 is 2.68 bits per heavy atom. The van der Waals surface area contributed by atoms with Crippen LogP contribution < -0.4 is 4.74 Å². The molecular weight excluding hydrogens is 240 g/mol. The lowest BCUT2D eigenvalue weighted by Crippen LogP contribution is -2.08. The highest BCUT2D eigenvalue weighted by Gasteiger charge is 2.12. The maximum absolute atomic E-state index is 11.8. The smallest absolute Gasteiger partial charge is 0.341 e. The van der Waals surface area contributed by atoms with Gasteiger partial charge in [-0.15, -0.1) is 0 Å². The van der Waals surface area contributed by atoms with Gasteiger partial charge in [0.25, 0.3) is 0 Å². The average Bonchev–Trinajstić information content (AvgIpc) is 2.44. The zero-order chi connectivity index (χ0) is 14.1. The van der Waals surface area contributed by atoms with Gasteiger partial charge in [0.05, 0.1) is 13.2 Å². The molecule has 3 heteroatoms. The van der Waals surface area contributed by atoms with Crippen LogP contribution in [0.1, 0.15) is 50.4 Å². The Morgan fingerprint density at radius 2 is 2.00 bits per heavy atom. The molecule has 0 radical (unpaired) electrons. The molecule has 0 aromatic heterocycles. The maximum Gasteiger partial charge on any atom is 0.341 e. The molecule has 3 nitrogen and oxygen atoms in total. The lowest BCUT2D eigenvalue weighted by molar-refractivity contribution is 0.0521. The molecule has 0 aliphatic heterocycles. The highest BCUT2D eigenvalue weighted by molar-refractivity contribution is 5.92. The van der Waals surface area contributed by atoms with Crippen molar-refractivity contribution in [2.45, 2.75) is 40.0 Å². The number of ether oxygens (including phenoxy) is 2. The second kappa shape index (κ2) is 8.57. The van der Waals surface area contributed by atoms with Gasteiger partial charge in [-0.25, -0.2) is 4.79 Å². The number of para-hydroxylation sites is 1. The molecule has 0 aliphatic rings. The van der Waals surface area contributed by atoms with Gasteiger partial charge in [-0.3, -0.25) is 0 Å². The van der Waals surface area contributed by atoms with E-state index in [0.29, 0.717) is 24.5 Å². The lowest BCUT2D eigenvalue weighted by atomic mass is 10.0. The van der Waals surface area contributed by atoms with Gasteiger partial charge in [-0.05, 0) is 37.8 Å². The monoisotopic (exact) mass is 264 g/mol. The Morgan fingerprint density at radius 1 is 1.26 bits per heavy atom. The molecule has 1 atom stereocenters. The van der Waals surface area contributed by atoms with Crippen LogP contribution in [0.15, 0.2) is 24.3 Å². The maximum atomic E-state index is 11.8. The number of carbonyl (C=O) groups is 1. The summed E-state index contributed by atoms with van der Waals surface area (Å²) in [5.41, 5.74) is 0.507. The molecule has 1 aromatic carbocycles. The van der Waals surface area contributed by atoms with Crippen molar-refractivity contribution >= 4 is 5.97 Å². The number of hydrogen-bond acceptors (Lipinski definition) is 3. The molecule has 0 spiro atoms. The molecule has 106 valence electrons. The van der Waals surface area contributed by atoms with Crippen LogP contribution in [0.4, 0.5) is 0 Å². The van der Waals surface area contributed by atoms with E-state index < -0.39 is 0 Å². The molecule has 0 saturated carbocycles. The van der Waals surface area contributed by atoms with Crippen molar-refractivity contribution in [1.82, 2.24) is 0 Å². The first-order valence-corrected chi connectivity index (χ1v) is 7.08. The minimum Gasteiger partial charge on any atom is -0.493 e. The minimum atomic E-state index is -0.319. The van der Waals surface area contributed by atoms with E-state index in [2.05, 4.69) is 13.8 Å². The first kappa shape index (κ1) is 15.5. The van der Waals surface area contributed by atoms with Crippen molar-refractivity contribution in [3.05, 3.63) is 29.8 Å². The molecule has 0 bridgehead atoms. The van der Waals surface area contributed by atoms with Crippen LogP contribution in [-0.2, 0) is 4.74 Å². The van der Waals surface area contributed by atoms with Crippen LogP contribution in [0, 0.1) is 5.92 Å². The van der Waals surface area contributed by atoms with Crippen LogP contribution in [0.2, 0.25) is 0 Å². The summed E-state index contributed by atoms with van der Waals surface area (Å²) in [6.07, 6.45) is 3.35.